The van der Waals surface area contributed by atoms with Crippen LogP contribution in [0.5, 0.6) is 0 Å². The predicted molar refractivity (Wildman–Crippen MR) is 74.1 cm³/mol. The lowest BCUT2D eigenvalue weighted by Gasteiger charge is -2.06. The summed E-state index contributed by atoms with van der Waals surface area (Å²) < 4.78 is 0. The summed E-state index contributed by atoms with van der Waals surface area (Å²) in [5, 5.41) is 22.5. The van der Waals surface area contributed by atoms with Crippen molar-refractivity contribution in [2.75, 3.05) is 5.32 Å². The minimum absolute atomic E-state index is 0.00826. The van der Waals surface area contributed by atoms with Crippen LogP contribution >= 0.6 is 0 Å². The van der Waals surface area contributed by atoms with Gasteiger partial charge in [-0.25, -0.2) is 4.98 Å². The molecule has 1 heterocycles. The Morgan fingerprint density at radius 3 is 2.55 bits per heavy atom. The smallest absolute Gasteiger partial charge is 0.290 e. The van der Waals surface area contributed by atoms with E-state index in [0.29, 0.717) is 23.6 Å². The molecule has 6 heteroatoms. The molecule has 2 aromatic rings. The van der Waals surface area contributed by atoms with Crippen molar-refractivity contribution in [3.05, 3.63) is 63.3 Å². The van der Waals surface area contributed by atoms with E-state index >= 15 is 0 Å². The molecule has 0 atom stereocenters. The number of hydrogen-bond donors (Lipinski definition) is 1. The quantitative estimate of drug-likeness (QED) is 0.680. The second-order valence-electron chi connectivity index (χ2n) is 4.22. The topological polar surface area (TPSA) is 91.8 Å². The van der Waals surface area contributed by atoms with Crippen LogP contribution in [0.4, 0.5) is 11.5 Å². The lowest BCUT2D eigenvalue weighted by Crippen LogP contribution is -2.03. The third kappa shape index (κ3) is 3.09. The molecule has 0 bridgehead atoms. The highest BCUT2D eigenvalue weighted by molar-refractivity contribution is 5.45. The maximum Gasteiger partial charge on any atom is 0.290 e. The van der Waals surface area contributed by atoms with Crippen LogP contribution in [-0.2, 0) is 6.54 Å². The number of benzene rings is 1. The Morgan fingerprint density at radius 1 is 1.30 bits per heavy atom. The summed E-state index contributed by atoms with van der Waals surface area (Å²) in [6.07, 6.45) is 0. The van der Waals surface area contributed by atoms with Gasteiger partial charge in [-0.05, 0) is 30.7 Å². The number of aromatic nitrogens is 1. The van der Waals surface area contributed by atoms with Gasteiger partial charge in [0.15, 0.2) is 0 Å². The summed E-state index contributed by atoms with van der Waals surface area (Å²) in [7, 11) is 0. The van der Waals surface area contributed by atoms with Crippen LogP contribution < -0.4 is 5.32 Å². The first-order valence-electron chi connectivity index (χ1n) is 5.95. The van der Waals surface area contributed by atoms with Gasteiger partial charge in [-0.3, -0.25) is 10.1 Å². The molecular formula is C14H12N4O2. The van der Waals surface area contributed by atoms with Crippen LogP contribution in [0.1, 0.15) is 16.8 Å². The summed E-state index contributed by atoms with van der Waals surface area (Å²) in [6, 6.07) is 12.3. The fourth-order valence-electron chi connectivity index (χ4n) is 1.73. The molecule has 1 aromatic heterocycles. The molecule has 2 rings (SSSR count). The maximum absolute atomic E-state index is 10.7. The molecule has 0 amide bonds. The maximum atomic E-state index is 10.7. The van der Waals surface area contributed by atoms with Gasteiger partial charge in [0, 0.05) is 12.6 Å². The molecule has 0 spiro atoms. The van der Waals surface area contributed by atoms with E-state index < -0.39 is 4.92 Å². The number of nitrogens with zero attached hydrogens (tertiary/aromatic N) is 3. The Balaban J connectivity index is 2.05. The fourth-order valence-corrected chi connectivity index (χ4v) is 1.73. The van der Waals surface area contributed by atoms with Crippen LogP contribution in [0, 0.1) is 28.4 Å². The zero-order valence-electron chi connectivity index (χ0n) is 10.8. The first kappa shape index (κ1) is 13.5. The summed E-state index contributed by atoms with van der Waals surface area (Å²) in [5.41, 5.74) is 1.99. The first-order valence-corrected chi connectivity index (χ1v) is 5.95. The lowest BCUT2D eigenvalue weighted by atomic mass is 10.1. The first-order chi connectivity index (χ1) is 9.60. The fraction of sp³-hybridized carbons (Fsp3) is 0.143. The molecule has 1 aromatic carbocycles. The van der Waals surface area contributed by atoms with E-state index in [1.54, 1.807) is 25.1 Å². The number of pyridine rings is 1. The standard InChI is InChI=1S/C14H12N4O2/c1-10-13(18(19)20)6-7-14(17-10)16-9-12-4-2-11(8-15)3-5-12/h2-7H,9H2,1H3,(H,16,17). The van der Waals surface area contributed by atoms with Crippen molar-refractivity contribution in [2.45, 2.75) is 13.5 Å². The van der Waals surface area contributed by atoms with Crippen LogP contribution in [-0.4, -0.2) is 9.91 Å². The van der Waals surface area contributed by atoms with E-state index in [-0.39, 0.29) is 5.69 Å². The summed E-state index contributed by atoms with van der Waals surface area (Å²) in [5.74, 6) is 0.581. The van der Waals surface area contributed by atoms with Crippen molar-refractivity contribution >= 4 is 11.5 Å². The van der Waals surface area contributed by atoms with E-state index in [1.807, 2.05) is 12.1 Å². The molecular weight excluding hydrogens is 256 g/mol. The number of nitrogens with one attached hydrogen (secondary N) is 1. The van der Waals surface area contributed by atoms with Crippen molar-refractivity contribution < 1.29 is 4.92 Å². The minimum atomic E-state index is -0.452. The third-order valence-corrected chi connectivity index (χ3v) is 2.81. The van der Waals surface area contributed by atoms with Crippen molar-refractivity contribution in [2.24, 2.45) is 0 Å². The Labute approximate surface area is 115 Å². The Morgan fingerprint density at radius 2 is 2.00 bits per heavy atom. The molecule has 0 aliphatic carbocycles. The molecule has 0 saturated heterocycles. The number of anilines is 1. The molecule has 0 aliphatic rings. The van der Waals surface area contributed by atoms with Crippen LogP contribution in [0.3, 0.4) is 0 Å². The van der Waals surface area contributed by atoms with E-state index in [9.17, 15) is 10.1 Å². The van der Waals surface area contributed by atoms with Gasteiger partial charge < -0.3 is 5.32 Å². The molecule has 0 saturated carbocycles. The normalized spacial score (nSPS) is 9.80. The second kappa shape index (κ2) is 5.80. The zero-order valence-corrected chi connectivity index (χ0v) is 10.8. The minimum Gasteiger partial charge on any atom is -0.366 e. The van der Waals surface area contributed by atoms with Gasteiger partial charge in [0.1, 0.15) is 11.5 Å². The summed E-state index contributed by atoms with van der Waals surface area (Å²) in [4.78, 5) is 14.4. The Bertz CT molecular complexity index is 675. The van der Waals surface area contributed by atoms with Crippen molar-refractivity contribution in [1.29, 1.82) is 5.26 Å². The number of aryl methyl sites for hydroxylation is 1. The van der Waals surface area contributed by atoms with Gasteiger partial charge in [0.05, 0.1) is 16.6 Å². The van der Waals surface area contributed by atoms with Gasteiger partial charge in [-0.2, -0.15) is 5.26 Å². The molecule has 20 heavy (non-hydrogen) atoms. The second-order valence-corrected chi connectivity index (χ2v) is 4.22. The van der Waals surface area contributed by atoms with Gasteiger partial charge in [-0.15, -0.1) is 0 Å². The van der Waals surface area contributed by atoms with Gasteiger partial charge in [0.2, 0.25) is 0 Å². The lowest BCUT2D eigenvalue weighted by molar-refractivity contribution is -0.385. The Kier molecular flexibility index (Phi) is 3.91. The van der Waals surface area contributed by atoms with E-state index in [0.717, 1.165) is 5.56 Å². The van der Waals surface area contributed by atoms with Crippen molar-refractivity contribution in [3.8, 4) is 6.07 Å². The molecule has 0 aliphatic heterocycles. The number of nitro groups is 1. The highest BCUT2D eigenvalue weighted by Crippen LogP contribution is 2.18. The van der Waals surface area contributed by atoms with Crippen molar-refractivity contribution in [1.82, 2.24) is 4.98 Å². The van der Waals surface area contributed by atoms with Crippen LogP contribution in [0.15, 0.2) is 36.4 Å². The molecule has 1 N–H and O–H groups in total. The Hall–Kier alpha value is -2.94. The van der Waals surface area contributed by atoms with E-state index in [1.165, 1.54) is 6.07 Å². The van der Waals surface area contributed by atoms with Crippen LogP contribution in [0.25, 0.3) is 0 Å². The van der Waals surface area contributed by atoms with E-state index in [4.69, 9.17) is 5.26 Å². The van der Waals surface area contributed by atoms with Crippen LogP contribution in [0.2, 0.25) is 0 Å². The highest BCUT2D eigenvalue weighted by atomic mass is 16.6. The van der Waals surface area contributed by atoms with Gasteiger partial charge in [-0.1, -0.05) is 12.1 Å². The molecule has 0 radical (unpaired) electrons. The number of rotatable bonds is 4. The summed E-state index contributed by atoms with van der Waals surface area (Å²) in [6.45, 7) is 2.14. The van der Waals surface area contributed by atoms with Crippen molar-refractivity contribution in [3.63, 3.8) is 0 Å². The molecule has 0 unspecified atom stereocenters. The molecule has 0 fully saturated rings. The monoisotopic (exact) mass is 268 g/mol. The summed E-state index contributed by atoms with van der Waals surface area (Å²) >= 11 is 0. The average molecular weight is 268 g/mol. The average Bonchev–Trinajstić information content (AvgIpc) is 2.45. The predicted octanol–water partition coefficient (Wildman–Crippen LogP) is 2.78. The van der Waals surface area contributed by atoms with E-state index in [2.05, 4.69) is 16.4 Å². The molecule has 100 valence electrons. The van der Waals surface area contributed by atoms with Gasteiger partial charge in [0.25, 0.3) is 5.69 Å². The highest BCUT2D eigenvalue weighted by Gasteiger charge is 2.11. The molecule has 6 nitrogen and oxygen atoms in total. The largest absolute Gasteiger partial charge is 0.366 e. The third-order valence-electron chi connectivity index (χ3n) is 2.81. The SMILES string of the molecule is Cc1nc(NCc2ccc(C#N)cc2)ccc1[N+](=O)[O-]. The zero-order chi connectivity index (χ0) is 14.5. The number of hydrogen-bond acceptors (Lipinski definition) is 5. The van der Waals surface area contributed by atoms with Gasteiger partial charge >= 0.3 is 0 Å². The number of nitriles is 1.